The SMILES string of the molecule is COc1nc(-c2cccc(-c3ccnc(-c4cc(Cl)c5c(c4)CCN(C[C@@H]4CCC(=O)N4)C5)c3Cl)c2Cl)ccc1CNC[C@H]1CCC(=O)N1. The molecule has 0 saturated carbocycles. The zero-order chi connectivity index (χ0) is 34.1. The molecule has 3 aliphatic heterocycles. The number of rotatable bonds is 10. The number of carbonyl (C=O) groups is 2. The number of hydrogen-bond acceptors (Lipinski definition) is 7. The molecule has 0 radical (unpaired) electrons. The van der Waals surface area contributed by atoms with Crippen molar-refractivity contribution in [2.75, 3.05) is 26.7 Å². The number of nitrogens with one attached hydrogen (secondary N) is 3. The van der Waals surface area contributed by atoms with Crippen LogP contribution in [0.15, 0.2) is 54.7 Å². The first-order valence-electron chi connectivity index (χ1n) is 16.6. The summed E-state index contributed by atoms with van der Waals surface area (Å²) in [5, 5.41) is 11.1. The van der Waals surface area contributed by atoms with E-state index < -0.39 is 0 Å². The minimum absolute atomic E-state index is 0.0999. The molecule has 7 rings (SSSR count). The molecular weight excluding hydrogens is 683 g/mol. The van der Waals surface area contributed by atoms with Gasteiger partial charge in [0.2, 0.25) is 17.7 Å². The van der Waals surface area contributed by atoms with Crippen molar-refractivity contribution >= 4 is 46.6 Å². The van der Waals surface area contributed by atoms with E-state index in [-0.39, 0.29) is 23.9 Å². The van der Waals surface area contributed by atoms with E-state index in [0.29, 0.717) is 58.3 Å². The highest BCUT2D eigenvalue weighted by atomic mass is 35.5. The van der Waals surface area contributed by atoms with Gasteiger partial charge in [-0.05, 0) is 54.7 Å². The van der Waals surface area contributed by atoms with Crippen molar-refractivity contribution in [2.24, 2.45) is 0 Å². The summed E-state index contributed by atoms with van der Waals surface area (Å²) in [4.78, 5) is 35.0. The molecule has 2 aromatic carbocycles. The standard InChI is InChI=1S/C37H37Cl3N6O3/c1-49-37-22(17-41-18-24-6-9-32(47)43-24)5-8-31(45-37)28-4-2-3-26(34(28)39)27-11-13-42-36(35(27)40)23-15-21-12-14-46(20-29(21)30(38)16-23)19-25-7-10-33(48)44-25/h2-5,8,11,13,15-16,24-25,41H,6-7,9-10,12,14,17-20H2,1H3,(H,43,47)(H,44,48)/t24-,25+/m1/s1. The van der Waals surface area contributed by atoms with Crippen LogP contribution in [0.3, 0.4) is 0 Å². The molecule has 3 N–H and O–H groups in total. The second-order valence-electron chi connectivity index (χ2n) is 12.9. The molecule has 12 heteroatoms. The van der Waals surface area contributed by atoms with Gasteiger partial charge in [0, 0.05) is 96.7 Å². The fraction of sp³-hybridized carbons (Fsp3) is 0.351. The molecule has 4 aromatic rings. The van der Waals surface area contributed by atoms with E-state index >= 15 is 0 Å². The molecule has 0 aliphatic carbocycles. The molecule has 2 aromatic heterocycles. The Hall–Kier alpha value is -3.73. The van der Waals surface area contributed by atoms with Crippen LogP contribution in [0.4, 0.5) is 0 Å². The molecule has 5 heterocycles. The lowest BCUT2D eigenvalue weighted by atomic mass is 9.94. The Labute approximate surface area is 300 Å². The van der Waals surface area contributed by atoms with E-state index in [1.807, 2.05) is 42.5 Å². The lowest BCUT2D eigenvalue weighted by Crippen LogP contribution is -2.41. The zero-order valence-corrected chi connectivity index (χ0v) is 29.4. The summed E-state index contributed by atoms with van der Waals surface area (Å²) in [5.74, 6) is 0.736. The third kappa shape index (κ3) is 7.28. The number of halogens is 3. The summed E-state index contributed by atoms with van der Waals surface area (Å²) >= 11 is 21.1. The number of fused-ring (bicyclic) bond motifs is 1. The average Bonchev–Trinajstić information content (AvgIpc) is 3.72. The number of aromatic nitrogens is 2. The van der Waals surface area contributed by atoms with Crippen molar-refractivity contribution < 1.29 is 14.3 Å². The van der Waals surface area contributed by atoms with Crippen LogP contribution < -0.4 is 20.7 Å². The zero-order valence-electron chi connectivity index (χ0n) is 27.1. The van der Waals surface area contributed by atoms with Crippen LogP contribution in [0.5, 0.6) is 5.88 Å². The smallest absolute Gasteiger partial charge is 0.220 e. The van der Waals surface area contributed by atoms with Crippen molar-refractivity contribution in [1.82, 2.24) is 30.8 Å². The largest absolute Gasteiger partial charge is 0.481 e. The molecule has 2 amide bonds. The lowest BCUT2D eigenvalue weighted by molar-refractivity contribution is -0.120. The highest BCUT2D eigenvalue weighted by Gasteiger charge is 2.27. The maximum absolute atomic E-state index is 11.7. The Kier molecular flexibility index (Phi) is 10.1. The van der Waals surface area contributed by atoms with Crippen LogP contribution >= 0.6 is 34.8 Å². The first-order valence-corrected chi connectivity index (χ1v) is 17.7. The van der Waals surface area contributed by atoms with E-state index in [0.717, 1.165) is 72.3 Å². The van der Waals surface area contributed by atoms with Crippen molar-refractivity contribution in [3.05, 3.63) is 86.5 Å². The van der Waals surface area contributed by atoms with E-state index in [1.54, 1.807) is 13.3 Å². The van der Waals surface area contributed by atoms with Crippen LogP contribution in [0.25, 0.3) is 33.6 Å². The van der Waals surface area contributed by atoms with E-state index in [2.05, 4.69) is 31.9 Å². The van der Waals surface area contributed by atoms with Gasteiger partial charge in [0.05, 0.1) is 28.5 Å². The van der Waals surface area contributed by atoms with Gasteiger partial charge >= 0.3 is 0 Å². The second kappa shape index (κ2) is 14.6. The molecule has 254 valence electrons. The predicted octanol–water partition coefficient (Wildman–Crippen LogP) is 6.45. The minimum Gasteiger partial charge on any atom is -0.481 e. The van der Waals surface area contributed by atoms with Crippen molar-refractivity contribution in [3.63, 3.8) is 0 Å². The number of amides is 2. The number of nitrogens with zero attached hydrogens (tertiary/aromatic N) is 3. The summed E-state index contributed by atoms with van der Waals surface area (Å²) in [6.07, 6.45) is 5.47. The van der Waals surface area contributed by atoms with Crippen LogP contribution in [0.2, 0.25) is 15.1 Å². The van der Waals surface area contributed by atoms with Crippen molar-refractivity contribution in [3.8, 4) is 39.5 Å². The predicted molar refractivity (Wildman–Crippen MR) is 193 cm³/mol. The molecule has 0 bridgehead atoms. The molecule has 2 atom stereocenters. The quantitative estimate of drug-likeness (QED) is 0.173. The molecule has 0 unspecified atom stereocenters. The maximum atomic E-state index is 11.7. The first-order chi connectivity index (χ1) is 23.8. The third-order valence-electron chi connectivity index (χ3n) is 9.58. The van der Waals surface area contributed by atoms with E-state index in [1.165, 1.54) is 5.56 Å². The number of pyridine rings is 2. The first kappa shape index (κ1) is 33.8. The number of ether oxygens (including phenoxy) is 1. The van der Waals surface area contributed by atoms with Crippen LogP contribution in [0, 0.1) is 0 Å². The Morgan fingerprint density at radius 1 is 0.918 bits per heavy atom. The maximum Gasteiger partial charge on any atom is 0.220 e. The summed E-state index contributed by atoms with van der Waals surface area (Å²) in [6, 6.07) is 16.0. The Balaban J connectivity index is 1.11. The van der Waals surface area contributed by atoms with Gasteiger partial charge in [0.1, 0.15) is 0 Å². The second-order valence-corrected chi connectivity index (χ2v) is 14.0. The molecule has 2 saturated heterocycles. The van der Waals surface area contributed by atoms with Crippen molar-refractivity contribution in [2.45, 2.75) is 57.3 Å². The van der Waals surface area contributed by atoms with Gasteiger partial charge in [0.15, 0.2) is 0 Å². The van der Waals surface area contributed by atoms with Gasteiger partial charge in [-0.2, -0.15) is 0 Å². The topological polar surface area (TPSA) is 108 Å². The highest BCUT2D eigenvalue weighted by Crippen LogP contribution is 2.43. The van der Waals surface area contributed by atoms with Gasteiger partial charge in [-0.15, -0.1) is 0 Å². The third-order valence-corrected chi connectivity index (χ3v) is 10.7. The van der Waals surface area contributed by atoms with Gasteiger partial charge < -0.3 is 20.7 Å². The Morgan fingerprint density at radius 2 is 1.67 bits per heavy atom. The summed E-state index contributed by atoms with van der Waals surface area (Å²) in [7, 11) is 1.60. The molecule has 9 nitrogen and oxygen atoms in total. The van der Waals surface area contributed by atoms with Crippen LogP contribution in [-0.2, 0) is 29.1 Å². The average molecular weight is 720 g/mol. The van der Waals surface area contributed by atoms with E-state index in [4.69, 9.17) is 44.5 Å². The van der Waals surface area contributed by atoms with Gasteiger partial charge in [-0.3, -0.25) is 19.5 Å². The molecule has 2 fully saturated rings. The number of carbonyl (C=O) groups excluding carboxylic acids is 2. The lowest BCUT2D eigenvalue weighted by Gasteiger charge is -2.31. The van der Waals surface area contributed by atoms with Gasteiger partial charge in [0.25, 0.3) is 0 Å². The fourth-order valence-corrected chi connectivity index (χ4v) is 7.97. The number of hydrogen-bond donors (Lipinski definition) is 3. The van der Waals surface area contributed by atoms with Crippen molar-refractivity contribution in [1.29, 1.82) is 0 Å². The summed E-state index contributed by atoms with van der Waals surface area (Å²) < 4.78 is 5.65. The highest BCUT2D eigenvalue weighted by molar-refractivity contribution is 6.39. The van der Waals surface area contributed by atoms with Gasteiger partial charge in [-0.1, -0.05) is 59.1 Å². The van der Waals surface area contributed by atoms with Crippen LogP contribution in [-0.4, -0.2) is 65.5 Å². The fourth-order valence-electron chi connectivity index (χ4n) is 7.03. The molecular formula is C37H37Cl3N6O3. The van der Waals surface area contributed by atoms with Crippen LogP contribution in [0.1, 0.15) is 42.4 Å². The summed E-state index contributed by atoms with van der Waals surface area (Å²) in [5.41, 5.74) is 7.62. The Morgan fingerprint density at radius 3 is 2.43 bits per heavy atom. The normalized spacial score (nSPS) is 19.1. The molecule has 0 spiro atoms. The molecule has 3 aliphatic rings. The minimum atomic E-state index is 0.0999. The summed E-state index contributed by atoms with van der Waals surface area (Å²) in [6.45, 7) is 3.68. The van der Waals surface area contributed by atoms with E-state index in [9.17, 15) is 9.59 Å². The Bertz CT molecular complexity index is 1920. The number of methoxy groups -OCH3 is 1. The number of benzene rings is 2. The molecule has 49 heavy (non-hydrogen) atoms. The monoisotopic (exact) mass is 718 g/mol. The van der Waals surface area contributed by atoms with Gasteiger partial charge in [-0.25, -0.2) is 4.98 Å².